The normalized spacial score (nSPS) is 18.9. The van der Waals surface area contributed by atoms with Gasteiger partial charge in [-0.25, -0.2) is 4.68 Å². The molecule has 4 rings (SSSR count). The van der Waals surface area contributed by atoms with Crippen LogP contribution in [-0.2, 0) is 5.41 Å². The molecular weight excluding hydrogens is 372 g/mol. The molecule has 1 aromatic carbocycles. The van der Waals surface area contributed by atoms with Gasteiger partial charge in [0.25, 0.3) is 5.91 Å². The van der Waals surface area contributed by atoms with Crippen molar-refractivity contribution < 1.29 is 4.79 Å². The zero-order valence-corrected chi connectivity index (χ0v) is 17.9. The topological polar surface area (TPSA) is 50.2 Å². The first kappa shape index (κ1) is 20.9. The standard InChI is InChI=1S/C22H30N4O.ClH/c1-21(2,3)19-18(15-26(24-19)17-7-5-4-6-8-17)20(27)25-13-10-22(11-14-25)9-12-23-16-22;/h4-8,15,23H,9-14,16H2,1-3H3;1H. The van der Waals surface area contributed by atoms with Gasteiger partial charge in [-0.15, -0.1) is 12.4 Å². The number of halogens is 1. The Morgan fingerprint density at radius 2 is 1.79 bits per heavy atom. The SMILES string of the molecule is CC(C)(C)c1nn(-c2ccccc2)cc1C(=O)N1CCC2(CCNC2)CC1.Cl. The largest absolute Gasteiger partial charge is 0.338 e. The summed E-state index contributed by atoms with van der Waals surface area (Å²) in [4.78, 5) is 15.4. The van der Waals surface area contributed by atoms with Crippen molar-refractivity contribution in [2.45, 2.75) is 45.4 Å². The highest BCUT2D eigenvalue weighted by Gasteiger charge is 2.39. The number of para-hydroxylation sites is 1. The molecule has 1 N–H and O–H groups in total. The Bertz CT molecular complexity index is 809. The average molecular weight is 403 g/mol. The van der Waals surface area contributed by atoms with E-state index in [2.05, 4.69) is 26.1 Å². The molecule has 2 fully saturated rings. The summed E-state index contributed by atoms with van der Waals surface area (Å²) in [6, 6.07) is 10.0. The molecule has 0 atom stereocenters. The van der Waals surface area contributed by atoms with Crippen LogP contribution in [0.25, 0.3) is 5.69 Å². The van der Waals surface area contributed by atoms with Crippen molar-refractivity contribution in [1.82, 2.24) is 20.0 Å². The van der Waals surface area contributed by atoms with Crippen LogP contribution in [-0.4, -0.2) is 46.8 Å². The minimum Gasteiger partial charge on any atom is -0.338 e. The number of likely N-dealkylation sites (tertiary alicyclic amines) is 1. The molecule has 28 heavy (non-hydrogen) atoms. The smallest absolute Gasteiger partial charge is 0.257 e. The summed E-state index contributed by atoms with van der Waals surface area (Å²) in [6.45, 7) is 10.3. The van der Waals surface area contributed by atoms with Crippen LogP contribution >= 0.6 is 12.4 Å². The summed E-state index contributed by atoms with van der Waals surface area (Å²) in [6.07, 6.45) is 5.36. The molecule has 152 valence electrons. The van der Waals surface area contributed by atoms with Gasteiger partial charge in [-0.2, -0.15) is 5.10 Å². The van der Waals surface area contributed by atoms with Crippen LogP contribution in [0.5, 0.6) is 0 Å². The van der Waals surface area contributed by atoms with Gasteiger partial charge in [-0.05, 0) is 43.4 Å². The second kappa shape index (κ2) is 7.88. The number of benzene rings is 1. The fourth-order valence-corrected chi connectivity index (χ4v) is 4.37. The zero-order valence-electron chi connectivity index (χ0n) is 17.1. The third kappa shape index (κ3) is 3.96. The highest BCUT2D eigenvalue weighted by Crippen LogP contribution is 2.37. The first-order valence-corrected chi connectivity index (χ1v) is 10.0. The maximum atomic E-state index is 13.4. The van der Waals surface area contributed by atoms with E-state index in [1.807, 2.05) is 46.1 Å². The molecule has 0 unspecified atom stereocenters. The maximum absolute atomic E-state index is 13.4. The Balaban J connectivity index is 0.00000225. The number of hydrogen-bond donors (Lipinski definition) is 1. The summed E-state index contributed by atoms with van der Waals surface area (Å²) in [5.41, 5.74) is 2.83. The molecule has 0 bridgehead atoms. The molecule has 3 heterocycles. The van der Waals surface area contributed by atoms with Gasteiger partial charge >= 0.3 is 0 Å². The number of nitrogens with one attached hydrogen (secondary N) is 1. The van der Waals surface area contributed by atoms with E-state index < -0.39 is 0 Å². The number of hydrogen-bond acceptors (Lipinski definition) is 3. The molecule has 5 nitrogen and oxygen atoms in total. The summed E-state index contributed by atoms with van der Waals surface area (Å²) < 4.78 is 1.85. The van der Waals surface area contributed by atoms with Crippen molar-refractivity contribution in [2.24, 2.45) is 5.41 Å². The first-order valence-electron chi connectivity index (χ1n) is 10.0. The number of amides is 1. The van der Waals surface area contributed by atoms with Gasteiger partial charge in [-0.3, -0.25) is 4.79 Å². The number of nitrogens with zero attached hydrogens (tertiary/aromatic N) is 3. The Kier molecular flexibility index (Phi) is 5.87. The van der Waals surface area contributed by atoms with E-state index >= 15 is 0 Å². The Morgan fingerprint density at radius 1 is 1.11 bits per heavy atom. The Morgan fingerprint density at radius 3 is 2.36 bits per heavy atom. The molecule has 1 amide bonds. The molecule has 2 saturated heterocycles. The highest BCUT2D eigenvalue weighted by atomic mass is 35.5. The average Bonchev–Trinajstić information content (AvgIpc) is 3.30. The van der Waals surface area contributed by atoms with E-state index in [1.165, 1.54) is 6.42 Å². The number of piperidine rings is 1. The van der Waals surface area contributed by atoms with Gasteiger partial charge in [0.15, 0.2) is 0 Å². The summed E-state index contributed by atoms with van der Waals surface area (Å²) >= 11 is 0. The first-order chi connectivity index (χ1) is 12.9. The van der Waals surface area contributed by atoms with Gasteiger partial charge in [0.05, 0.1) is 16.9 Å². The maximum Gasteiger partial charge on any atom is 0.257 e. The number of carbonyl (C=O) groups is 1. The Hall–Kier alpha value is -1.85. The molecule has 1 spiro atoms. The van der Waals surface area contributed by atoms with Crippen molar-refractivity contribution in [3.05, 3.63) is 47.8 Å². The molecule has 2 aromatic rings. The monoisotopic (exact) mass is 402 g/mol. The second-order valence-corrected chi connectivity index (χ2v) is 9.14. The lowest BCUT2D eigenvalue weighted by atomic mass is 9.77. The van der Waals surface area contributed by atoms with Crippen LogP contribution in [0.4, 0.5) is 0 Å². The van der Waals surface area contributed by atoms with Crippen molar-refractivity contribution in [3.63, 3.8) is 0 Å². The van der Waals surface area contributed by atoms with Crippen LogP contribution in [0.15, 0.2) is 36.5 Å². The molecular formula is C22H31ClN4O. The van der Waals surface area contributed by atoms with E-state index in [0.717, 1.165) is 56.0 Å². The lowest BCUT2D eigenvalue weighted by Gasteiger charge is -2.39. The Labute approximate surface area is 173 Å². The highest BCUT2D eigenvalue weighted by molar-refractivity contribution is 5.95. The summed E-state index contributed by atoms with van der Waals surface area (Å²) in [5.74, 6) is 0.128. The minimum absolute atomic E-state index is 0. The summed E-state index contributed by atoms with van der Waals surface area (Å²) in [7, 11) is 0. The van der Waals surface area contributed by atoms with Crippen LogP contribution < -0.4 is 5.32 Å². The van der Waals surface area contributed by atoms with Crippen molar-refractivity contribution in [2.75, 3.05) is 26.2 Å². The lowest BCUT2D eigenvalue weighted by molar-refractivity contribution is 0.0605. The predicted octanol–water partition coefficient (Wildman–Crippen LogP) is 3.81. The van der Waals surface area contributed by atoms with Gasteiger partial charge in [-0.1, -0.05) is 39.0 Å². The van der Waals surface area contributed by atoms with Crippen molar-refractivity contribution in [1.29, 1.82) is 0 Å². The van der Waals surface area contributed by atoms with Crippen molar-refractivity contribution >= 4 is 18.3 Å². The van der Waals surface area contributed by atoms with E-state index in [4.69, 9.17) is 5.10 Å². The fraction of sp³-hybridized carbons (Fsp3) is 0.545. The fourth-order valence-electron chi connectivity index (χ4n) is 4.37. The van der Waals surface area contributed by atoms with Gasteiger partial charge < -0.3 is 10.2 Å². The van der Waals surface area contributed by atoms with Crippen LogP contribution in [0, 0.1) is 5.41 Å². The number of carbonyl (C=O) groups excluding carboxylic acids is 1. The number of aromatic nitrogens is 2. The third-order valence-electron chi connectivity index (χ3n) is 6.12. The van der Waals surface area contributed by atoms with Crippen LogP contribution in [0.1, 0.15) is 56.1 Å². The zero-order chi connectivity index (χ0) is 19.1. The van der Waals surface area contributed by atoms with Gasteiger partial charge in [0.2, 0.25) is 0 Å². The lowest BCUT2D eigenvalue weighted by Crippen LogP contribution is -2.44. The van der Waals surface area contributed by atoms with E-state index in [-0.39, 0.29) is 23.7 Å². The van der Waals surface area contributed by atoms with Gasteiger partial charge in [0, 0.05) is 31.2 Å². The summed E-state index contributed by atoms with van der Waals surface area (Å²) in [5, 5.41) is 8.29. The van der Waals surface area contributed by atoms with Gasteiger partial charge in [0.1, 0.15) is 0 Å². The van der Waals surface area contributed by atoms with E-state index in [9.17, 15) is 4.79 Å². The molecule has 0 saturated carbocycles. The molecule has 0 aliphatic carbocycles. The van der Waals surface area contributed by atoms with Crippen molar-refractivity contribution in [3.8, 4) is 5.69 Å². The minimum atomic E-state index is -0.183. The van der Waals surface area contributed by atoms with Crippen LogP contribution in [0.2, 0.25) is 0 Å². The second-order valence-electron chi connectivity index (χ2n) is 9.14. The molecule has 1 aromatic heterocycles. The van der Waals surface area contributed by atoms with E-state index in [1.54, 1.807) is 0 Å². The molecule has 0 radical (unpaired) electrons. The molecule has 6 heteroatoms. The third-order valence-corrected chi connectivity index (χ3v) is 6.12. The quantitative estimate of drug-likeness (QED) is 0.831. The molecule has 2 aliphatic heterocycles. The number of rotatable bonds is 2. The van der Waals surface area contributed by atoms with E-state index in [0.29, 0.717) is 5.41 Å². The molecule has 2 aliphatic rings. The predicted molar refractivity (Wildman–Crippen MR) is 115 cm³/mol. The van der Waals surface area contributed by atoms with Crippen LogP contribution in [0.3, 0.4) is 0 Å².